The lowest BCUT2D eigenvalue weighted by Crippen LogP contribution is -2.57. The summed E-state index contributed by atoms with van der Waals surface area (Å²) in [7, 11) is 0. The molecule has 0 unspecified atom stereocenters. The first kappa shape index (κ1) is 78.7. The molecular weight excluding hydrogens is 1280 g/mol. The highest BCUT2D eigenvalue weighted by atomic mass is 16.4. The van der Waals surface area contributed by atoms with Gasteiger partial charge in [0.1, 0.15) is 53.3 Å². The Bertz CT molecular complexity index is 3340. The Kier molecular flexibility index (Phi) is 33.6. The van der Waals surface area contributed by atoms with Crippen LogP contribution >= 0.6 is 0 Å². The lowest BCUT2D eigenvalue weighted by molar-refractivity contribution is -0.140. The summed E-state index contributed by atoms with van der Waals surface area (Å²) in [4.78, 5) is 200. The molecule has 13 amide bonds. The number of aliphatic carboxylic acids is 2. The number of carboxylic acids is 2. The fraction of sp³-hybridized carbons (Fsp3) is 0.435. The number of unbranched alkanes of at least 4 members (excludes halogenated alkanes) is 2. The molecule has 23 N–H and O–H groups in total. The maximum Gasteiger partial charge on any atom is 0.330 e. The Morgan fingerprint density at radius 3 is 1.54 bits per heavy atom. The Morgan fingerprint density at radius 2 is 1.00 bits per heavy atom. The molecule has 2 heterocycles. The molecule has 0 aliphatic carbocycles. The largest absolute Gasteiger partial charge is 0.481 e. The molecule has 2 aromatic rings. The van der Waals surface area contributed by atoms with Gasteiger partial charge in [-0.25, -0.2) is 4.79 Å². The van der Waals surface area contributed by atoms with Crippen LogP contribution in [-0.4, -0.2) is 186 Å². The highest BCUT2D eigenvalue weighted by Crippen LogP contribution is 2.13. The van der Waals surface area contributed by atoms with Gasteiger partial charge in [-0.15, -0.1) is 0 Å². The summed E-state index contributed by atoms with van der Waals surface area (Å²) < 4.78 is 0. The monoisotopic (exact) mass is 1370 g/mol. The van der Waals surface area contributed by atoms with Crippen LogP contribution < -0.4 is 91.2 Å². The molecule has 0 aromatic heterocycles. The number of rotatable bonds is 29. The number of nitrogens with two attached hydrogens (primary N) is 2. The summed E-state index contributed by atoms with van der Waals surface area (Å²) in [5.41, 5.74) is 10.2. The van der Waals surface area contributed by atoms with Gasteiger partial charge in [0.05, 0.1) is 25.6 Å². The molecule has 2 aliphatic rings. The highest BCUT2D eigenvalue weighted by molar-refractivity contribution is 6.06. The van der Waals surface area contributed by atoms with Crippen molar-refractivity contribution in [2.24, 2.45) is 11.5 Å². The van der Waals surface area contributed by atoms with E-state index in [2.05, 4.69) is 79.8 Å². The molecule has 0 saturated carbocycles. The van der Waals surface area contributed by atoms with Crippen molar-refractivity contribution in [3.63, 3.8) is 0 Å². The Hall–Kier alpha value is -11.7. The van der Waals surface area contributed by atoms with Crippen LogP contribution in [0.2, 0.25) is 0 Å². The molecular formula is C62H85N19O17. The predicted molar refractivity (Wildman–Crippen MR) is 350 cm³/mol. The molecule has 2 aliphatic heterocycles. The van der Waals surface area contributed by atoms with Crippen molar-refractivity contribution in [2.45, 2.75) is 133 Å². The van der Waals surface area contributed by atoms with E-state index in [-0.39, 0.29) is 121 Å². The third kappa shape index (κ3) is 30.1. The summed E-state index contributed by atoms with van der Waals surface area (Å²) in [6.07, 6.45) is 1.64. The number of benzene rings is 2. The van der Waals surface area contributed by atoms with Gasteiger partial charge < -0.3 is 101 Å². The maximum atomic E-state index is 14.2. The van der Waals surface area contributed by atoms with Gasteiger partial charge >= 0.3 is 11.9 Å². The molecule has 6 atom stereocenters. The number of carboxylic acid groups (broad SMARTS) is 2. The summed E-state index contributed by atoms with van der Waals surface area (Å²) >= 11 is 0. The Morgan fingerprint density at radius 1 is 0.520 bits per heavy atom. The normalized spacial score (nSPS) is 20.3. The molecule has 2 saturated heterocycles. The minimum atomic E-state index is -1.74. The number of carbonyl (C=O) groups excluding carboxylic acids is 13. The van der Waals surface area contributed by atoms with Crippen LogP contribution in [0.4, 0.5) is 0 Å². The van der Waals surface area contributed by atoms with Gasteiger partial charge in [0.2, 0.25) is 59.1 Å². The Balaban J connectivity index is 1.49. The minimum absolute atomic E-state index is 0.0185. The first-order valence-corrected chi connectivity index (χ1v) is 31.4. The molecule has 0 radical (unpaired) electrons. The van der Waals surface area contributed by atoms with Crippen molar-refractivity contribution >= 4 is 107 Å². The van der Waals surface area contributed by atoms with Crippen LogP contribution in [0.15, 0.2) is 89.9 Å². The minimum Gasteiger partial charge on any atom is -0.481 e. The van der Waals surface area contributed by atoms with Gasteiger partial charge in [-0.3, -0.25) is 77.9 Å². The molecule has 4 rings (SSSR count). The van der Waals surface area contributed by atoms with Crippen LogP contribution in [0.5, 0.6) is 0 Å². The maximum absolute atomic E-state index is 14.2. The fourth-order valence-corrected chi connectivity index (χ4v) is 9.44. The molecule has 36 nitrogen and oxygen atoms in total. The van der Waals surface area contributed by atoms with Crippen molar-refractivity contribution in [1.82, 2.24) is 79.8 Å². The third-order valence-corrected chi connectivity index (χ3v) is 14.4. The Labute approximate surface area is 562 Å². The van der Waals surface area contributed by atoms with Gasteiger partial charge in [-0.1, -0.05) is 67.6 Å². The zero-order valence-electron chi connectivity index (χ0n) is 53.8. The molecule has 36 heteroatoms. The van der Waals surface area contributed by atoms with E-state index in [1.165, 1.54) is 19.1 Å². The van der Waals surface area contributed by atoms with Crippen LogP contribution in [0, 0.1) is 10.8 Å². The van der Waals surface area contributed by atoms with Crippen molar-refractivity contribution in [3.05, 3.63) is 101 Å². The van der Waals surface area contributed by atoms with Crippen molar-refractivity contribution in [1.29, 1.82) is 10.8 Å². The topological polar surface area (TPSA) is 577 Å². The number of hydrogen-bond donors (Lipinski definition) is 21. The number of carbonyl (C=O) groups is 15. The second kappa shape index (κ2) is 41.8. The van der Waals surface area contributed by atoms with Crippen LogP contribution in [-0.2, 0) is 78.3 Å². The third-order valence-electron chi connectivity index (χ3n) is 14.4. The molecule has 98 heavy (non-hydrogen) atoms. The van der Waals surface area contributed by atoms with Crippen LogP contribution in [0.1, 0.15) is 102 Å². The van der Waals surface area contributed by atoms with Gasteiger partial charge in [-0.05, 0) is 87.5 Å². The fourth-order valence-electron chi connectivity index (χ4n) is 9.44. The standard InChI is InChI=1S/C62H85N19O17/c1-2-46(82)73-41(52(90)68-26-12-10-20-40-56(94)77-38(22-14-28-70-62(65)66)54(92)72-34-49(85)75-45(32-51(88)89)60(98)81-43(58(96)79-40)30-36-17-7-4-8-18-36)23-24-47(83)67-25-11-9-19-39-55(93)76-37(21-13-27-69-61(63)64)53(91)71-33-48(84)74-44(31-50(86)87)59(97)80-42(57(95)78-39)29-35-15-5-3-6-16-35/h3-8,15-18,23,30-31,37-40,42,45H,2,9-14,19-22,24-29,32-34H2,1H3,(H,67,83)(H,68,90)(H,71,91)(H,72,92)(H,73,82)(H,74,84)(H,75,85)(H,76,93)(H,77,94)(H,78,95)(H,79,96)(H,80,97)(H,81,98)(H,86,87)(H,88,89)(H4,63,64,69)(H4,65,66,70)/b41-23+,43-30-,44-31+/t37-,38-,39-,40-,42+,45-/m0/s1. The smallest absolute Gasteiger partial charge is 0.330 e. The lowest BCUT2D eigenvalue weighted by Gasteiger charge is -2.25. The van der Waals surface area contributed by atoms with Gasteiger partial charge in [0.25, 0.3) is 17.7 Å². The first-order chi connectivity index (χ1) is 46.7. The van der Waals surface area contributed by atoms with Crippen molar-refractivity contribution in [2.75, 3.05) is 39.3 Å². The van der Waals surface area contributed by atoms with E-state index in [0.717, 1.165) is 0 Å². The first-order valence-electron chi connectivity index (χ1n) is 31.4. The van der Waals surface area contributed by atoms with Crippen molar-refractivity contribution < 1.29 is 82.1 Å². The molecule has 0 spiro atoms. The highest BCUT2D eigenvalue weighted by Gasteiger charge is 2.34. The summed E-state index contributed by atoms with van der Waals surface area (Å²) in [6, 6.07) is 7.69. The summed E-state index contributed by atoms with van der Waals surface area (Å²) in [5, 5.41) is 71.3. The molecule has 2 fully saturated rings. The average molecular weight is 1370 g/mol. The van der Waals surface area contributed by atoms with Gasteiger partial charge in [-0.2, -0.15) is 0 Å². The quantitative estimate of drug-likeness (QED) is 0.0157. The second-order valence-corrected chi connectivity index (χ2v) is 22.3. The van der Waals surface area contributed by atoms with E-state index in [1.54, 1.807) is 60.7 Å². The zero-order valence-corrected chi connectivity index (χ0v) is 53.8. The van der Waals surface area contributed by atoms with Gasteiger partial charge in [0, 0.05) is 45.4 Å². The van der Waals surface area contributed by atoms with E-state index in [9.17, 15) is 82.1 Å². The summed E-state index contributed by atoms with van der Waals surface area (Å²) in [5.74, 6) is -15.6. The number of hydrogen-bond acceptors (Lipinski definition) is 17. The second-order valence-electron chi connectivity index (χ2n) is 22.3. The van der Waals surface area contributed by atoms with E-state index < -0.39 is 162 Å². The molecule has 2 aromatic carbocycles. The molecule has 0 bridgehead atoms. The van der Waals surface area contributed by atoms with E-state index in [1.807, 2.05) is 0 Å². The van der Waals surface area contributed by atoms with Gasteiger partial charge in [0.15, 0.2) is 11.9 Å². The SMILES string of the molecule is CCC(=O)N/C(=C/CC(=O)NCCCC[C@@H]1NC(=O)[C@@H](Cc2ccccc2)NC(=O)/C(=C\C(=O)O)NC(=O)CNC(=O)[C@H](CCCNC(=N)N)NC1=O)C(=O)NCCCC[C@@H]1NC(=O)/C(=C/c2ccccc2)NC(=O)[C@H](CC(=O)O)NC(=O)CNC(=O)[C@H](CCCNC(=N)N)NC1=O. The molecule has 530 valence electrons. The van der Waals surface area contributed by atoms with Crippen LogP contribution in [0.25, 0.3) is 6.08 Å². The lowest BCUT2D eigenvalue weighted by atomic mass is 10.0. The zero-order chi connectivity index (χ0) is 72.1. The number of amides is 13. The van der Waals surface area contributed by atoms with E-state index >= 15 is 0 Å². The number of nitrogens with one attached hydrogen (secondary N) is 17. The number of guanidine groups is 2. The van der Waals surface area contributed by atoms with E-state index in [0.29, 0.717) is 17.2 Å². The van der Waals surface area contributed by atoms with E-state index in [4.69, 9.17) is 22.3 Å². The predicted octanol–water partition coefficient (Wildman–Crippen LogP) is -4.99. The summed E-state index contributed by atoms with van der Waals surface area (Å²) in [6.45, 7) is 0.0710. The average Bonchev–Trinajstić information content (AvgIpc) is 1.48. The van der Waals surface area contributed by atoms with Crippen molar-refractivity contribution in [3.8, 4) is 0 Å². The van der Waals surface area contributed by atoms with Crippen LogP contribution in [0.3, 0.4) is 0 Å².